The van der Waals surface area contributed by atoms with Crippen LogP contribution in [0.5, 0.6) is 0 Å². The molecule has 3 aromatic rings. The number of halogens is 1. The molecular weight excluding hydrogens is 431 g/mol. The van der Waals surface area contributed by atoms with Gasteiger partial charge in [-0.3, -0.25) is 4.79 Å². The summed E-state index contributed by atoms with van der Waals surface area (Å²) >= 11 is 1.10. The fourth-order valence-electron chi connectivity index (χ4n) is 3.25. The molecule has 0 saturated carbocycles. The molecule has 0 unspecified atom stereocenters. The SMILES string of the molecule is Cc1nc(-c2csc(S(=O)(=O)N3CCC(C(=O)Nc4ccc(F)cc4)CC3)c2)no1. The molecule has 0 spiro atoms. The average Bonchev–Trinajstić information content (AvgIpc) is 3.39. The van der Waals surface area contributed by atoms with Crippen molar-refractivity contribution >= 4 is 33.0 Å². The fourth-order valence-corrected chi connectivity index (χ4v) is 6.03. The number of rotatable bonds is 5. The van der Waals surface area contributed by atoms with Crippen molar-refractivity contribution in [2.24, 2.45) is 5.92 Å². The van der Waals surface area contributed by atoms with Crippen molar-refractivity contribution < 1.29 is 22.1 Å². The van der Waals surface area contributed by atoms with Gasteiger partial charge in [0.05, 0.1) is 0 Å². The summed E-state index contributed by atoms with van der Waals surface area (Å²) in [6, 6.07) is 7.07. The van der Waals surface area contributed by atoms with Crippen LogP contribution in [0.3, 0.4) is 0 Å². The molecule has 1 N–H and O–H groups in total. The third-order valence-corrected chi connectivity index (χ3v) is 8.21. The molecule has 0 radical (unpaired) electrons. The predicted molar refractivity (Wildman–Crippen MR) is 109 cm³/mol. The summed E-state index contributed by atoms with van der Waals surface area (Å²) in [5.74, 6) is -0.118. The van der Waals surface area contributed by atoms with E-state index in [0.29, 0.717) is 35.8 Å². The van der Waals surface area contributed by atoms with Gasteiger partial charge in [-0.25, -0.2) is 12.8 Å². The van der Waals surface area contributed by atoms with Crippen LogP contribution in [0.15, 0.2) is 44.4 Å². The number of hydrogen-bond donors (Lipinski definition) is 1. The summed E-state index contributed by atoms with van der Waals surface area (Å²) in [4.78, 5) is 16.6. The smallest absolute Gasteiger partial charge is 0.252 e. The van der Waals surface area contributed by atoms with Crippen molar-refractivity contribution in [2.45, 2.75) is 24.0 Å². The van der Waals surface area contributed by atoms with E-state index in [1.54, 1.807) is 12.3 Å². The Hall–Kier alpha value is -2.63. The van der Waals surface area contributed by atoms with Crippen molar-refractivity contribution in [3.8, 4) is 11.4 Å². The lowest BCUT2D eigenvalue weighted by Crippen LogP contribution is -2.41. The molecule has 1 fully saturated rings. The molecule has 1 saturated heterocycles. The largest absolute Gasteiger partial charge is 0.339 e. The monoisotopic (exact) mass is 450 g/mol. The van der Waals surface area contributed by atoms with Crippen LogP contribution in [0, 0.1) is 18.7 Å². The van der Waals surface area contributed by atoms with Crippen molar-refractivity contribution in [2.75, 3.05) is 18.4 Å². The number of aromatic nitrogens is 2. The van der Waals surface area contributed by atoms with Crippen molar-refractivity contribution in [1.82, 2.24) is 14.4 Å². The van der Waals surface area contributed by atoms with Gasteiger partial charge in [0.1, 0.15) is 10.0 Å². The maximum Gasteiger partial charge on any atom is 0.252 e. The molecular formula is C19H19FN4O4S2. The quantitative estimate of drug-likeness (QED) is 0.640. The number of piperidine rings is 1. The van der Waals surface area contributed by atoms with Gasteiger partial charge < -0.3 is 9.84 Å². The minimum atomic E-state index is -3.66. The molecule has 158 valence electrons. The second-order valence-electron chi connectivity index (χ2n) is 6.97. The highest BCUT2D eigenvalue weighted by Gasteiger charge is 2.33. The third kappa shape index (κ3) is 4.27. The maximum absolute atomic E-state index is 13.0. The topological polar surface area (TPSA) is 105 Å². The molecule has 1 aliphatic rings. The summed E-state index contributed by atoms with van der Waals surface area (Å²) in [5, 5.41) is 8.24. The number of aryl methyl sites for hydroxylation is 1. The Balaban J connectivity index is 1.39. The minimum Gasteiger partial charge on any atom is -0.339 e. The lowest BCUT2D eigenvalue weighted by Gasteiger charge is -2.30. The van der Waals surface area contributed by atoms with Crippen LogP contribution in [0.2, 0.25) is 0 Å². The van der Waals surface area contributed by atoms with E-state index in [0.717, 1.165) is 11.3 Å². The van der Waals surface area contributed by atoms with Crippen LogP contribution in [-0.4, -0.2) is 41.9 Å². The van der Waals surface area contributed by atoms with Crippen molar-refractivity contribution in [3.05, 3.63) is 47.4 Å². The zero-order valence-electron chi connectivity index (χ0n) is 16.0. The van der Waals surface area contributed by atoms with Gasteiger partial charge in [-0.15, -0.1) is 11.3 Å². The van der Waals surface area contributed by atoms with E-state index in [2.05, 4.69) is 15.5 Å². The van der Waals surface area contributed by atoms with Gasteiger partial charge in [-0.05, 0) is 43.2 Å². The lowest BCUT2D eigenvalue weighted by molar-refractivity contribution is -0.120. The first kappa shape index (κ1) is 20.6. The maximum atomic E-state index is 13.0. The van der Waals surface area contributed by atoms with Crippen molar-refractivity contribution in [3.63, 3.8) is 0 Å². The Morgan fingerprint density at radius 1 is 1.27 bits per heavy atom. The van der Waals surface area contributed by atoms with Crippen LogP contribution in [-0.2, 0) is 14.8 Å². The second kappa shape index (κ2) is 8.25. The zero-order valence-corrected chi connectivity index (χ0v) is 17.7. The van der Waals surface area contributed by atoms with Crippen LogP contribution in [0.4, 0.5) is 10.1 Å². The van der Waals surface area contributed by atoms with Gasteiger partial charge in [0, 0.05) is 42.6 Å². The molecule has 1 aromatic carbocycles. The molecule has 0 bridgehead atoms. The van der Waals surface area contributed by atoms with E-state index in [9.17, 15) is 17.6 Å². The summed E-state index contributed by atoms with van der Waals surface area (Å²) in [6.45, 7) is 2.16. The van der Waals surface area contributed by atoms with E-state index >= 15 is 0 Å². The van der Waals surface area contributed by atoms with Crippen LogP contribution < -0.4 is 5.32 Å². The Bertz CT molecular complexity index is 1150. The van der Waals surface area contributed by atoms with E-state index in [1.807, 2.05) is 0 Å². The highest BCUT2D eigenvalue weighted by molar-refractivity contribution is 7.91. The van der Waals surface area contributed by atoms with Crippen LogP contribution in [0.1, 0.15) is 18.7 Å². The average molecular weight is 451 g/mol. The van der Waals surface area contributed by atoms with Gasteiger partial charge >= 0.3 is 0 Å². The number of hydrogen-bond acceptors (Lipinski definition) is 7. The van der Waals surface area contributed by atoms with Gasteiger partial charge in [0.15, 0.2) is 0 Å². The summed E-state index contributed by atoms with van der Waals surface area (Å²) in [6.07, 6.45) is 0.822. The van der Waals surface area contributed by atoms with E-state index in [1.165, 1.54) is 34.6 Å². The molecule has 3 heterocycles. The lowest BCUT2D eigenvalue weighted by atomic mass is 9.97. The van der Waals surface area contributed by atoms with Crippen LogP contribution >= 0.6 is 11.3 Å². The Labute approximate surface area is 176 Å². The van der Waals surface area contributed by atoms with E-state index in [-0.39, 0.29) is 34.9 Å². The molecule has 4 rings (SSSR count). The summed E-state index contributed by atoms with van der Waals surface area (Å²) in [7, 11) is -3.66. The number of amides is 1. The zero-order chi connectivity index (χ0) is 21.3. The van der Waals surface area contributed by atoms with Gasteiger partial charge in [-0.2, -0.15) is 9.29 Å². The summed E-state index contributed by atoms with van der Waals surface area (Å²) < 4.78 is 45.5. The third-order valence-electron chi connectivity index (χ3n) is 4.89. The Kier molecular flexibility index (Phi) is 5.67. The minimum absolute atomic E-state index is 0.190. The standard InChI is InChI=1S/C19H19FN4O4S2/c1-12-21-18(23-28-12)14-10-17(29-11-14)30(26,27)24-8-6-13(7-9-24)19(25)22-16-4-2-15(20)3-5-16/h2-5,10-11,13H,6-9H2,1H3,(H,22,25). The molecule has 1 amide bonds. The summed E-state index contributed by atoms with van der Waals surface area (Å²) in [5.41, 5.74) is 1.10. The fraction of sp³-hybridized carbons (Fsp3) is 0.316. The second-order valence-corrected chi connectivity index (χ2v) is 10.0. The first-order valence-electron chi connectivity index (χ1n) is 9.29. The van der Waals surface area contributed by atoms with Gasteiger partial charge in [0.2, 0.25) is 17.6 Å². The van der Waals surface area contributed by atoms with E-state index < -0.39 is 10.0 Å². The molecule has 8 nitrogen and oxygen atoms in total. The van der Waals surface area contributed by atoms with E-state index in [4.69, 9.17) is 4.52 Å². The predicted octanol–water partition coefficient (Wildman–Crippen LogP) is 3.29. The first-order valence-corrected chi connectivity index (χ1v) is 11.6. The Morgan fingerprint density at radius 3 is 2.60 bits per heavy atom. The number of carbonyl (C=O) groups excluding carboxylic acids is 1. The molecule has 0 aliphatic carbocycles. The number of nitrogens with zero attached hydrogens (tertiary/aromatic N) is 3. The van der Waals surface area contributed by atoms with Crippen molar-refractivity contribution in [1.29, 1.82) is 0 Å². The number of sulfonamides is 1. The number of benzene rings is 1. The first-order chi connectivity index (χ1) is 14.3. The number of thiophene rings is 1. The number of anilines is 1. The van der Waals surface area contributed by atoms with Crippen LogP contribution in [0.25, 0.3) is 11.4 Å². The van der Waals surface area contributed by atoms with Gasteiger partial charge in [0.25, 0.3) is 10.0 Å². The number of nitrogens with one attached hydrogen (secondary N) is 1. The molecule has 30 heavy (non-hydrogen) atoms. The molecule has 11 heteroatoms. The highest BCUT2D eigenvalue weighted by atomic mass is 32.2. The number of carbonyl (C=O) groups is 1. The normalized spacial score (nSPS) is 15.9. The highest BCUT2D eigenvalue weighted by Crippen LogP contribution is 2.31. The molecule has 0 atom stereocenters. The van der Waals surface area contributed by atoms with Gasteiger partial charge in [-0.1, -0.05) is 5.16 Å². The molecule has 1 aliphatic heterocycles. The molecule has 2 aromatic heterocycles. The Morgan fingerprint density at radius 2 is 1.97 bits per heavy atom.